The minimum Gasteiger partial charge on any atom is -0.369 e. The zero-order valence-electron chi connectivity index (χ0n) is 9.41. The smallest absolute Gasteiger partial charge is 0.239 e. The van der Waals surface area contributed by atoms with E-state index in [9.17, 15) is 0 Å². The van der Waals surface area contributed by atoms with Gasteiger partial charge >= 0.3 is 0 Å². The number of nitrogen functional groups attached to an aromatic ring is 1. The van der Waals surface area contributed by atoms with E-state index in [1.54, 1.807) is 0 Å². The quantitative estimate of drug-likeness (QED) is 0.470. The zero-order chi connectivity index (χ0) is 11.3. The lowest BCUT2D eigenvalue weighted by Gasteiger charge is -2.11. The van der Waals surface area contributed by atoms with E-state index in [1.807, 2.05) is 27.1 Å². The van der Waals surface area contributed by atoms with Gasteiger partial charge in [0.2, 0.25) is 5.95 Å². The topological polar surface area (TPSA) is 79.1 Å². The number of likely N-dealkylation sites (N-methyl/N-ethyl adjacent to an activating group) is 1. The second-order valence-electron chi connectivity index (χ2n) is 3.59. The van der Waals surface area contributed by atoms with Crippen LogP contribution in [-0.2, 0) is 0 Å². The average molecular weight is 210 g/mol. The van der Waals surface area contributed by atoms with Crippen molar-refractivity contribution in [2.45, 2.75) is 6.92 Å². The molecule has 1 rings (SSSR count). The molecule has 84 valence electrons. The number of nitrogens with one attached hydrogen (secondary N) is 2. The third kappa shape index (κ3) is 4.09. The Morgan fingerprint density at radius 3 is 2.73 bits per heavy atom. The Labute approximate surface area is 89.9 Å². The Bertz CT molecular complexity index is 311. The molecule has 4 N–H and O–H groups in total. The van der Waals surface area contributed by atoms with Crippen LogP contribution in [0.2, 0.25) is 0 Å². The van der Waals surface area contributed by atoms with E-state index in [-0.39, 0.29) is 0 Å². The van der Waals surface area contributed by atoms with Gasteiger partial charge in [0.25, 0.3) is 0 Å². The fraction of sp³-hybridized carbons (Fsp3) is 0.556. The van der Waals surface area contributed by atoms with Gasteiger partial charge in [0.15, 0.2) is 0 Å². The van der Waals surface area contributed by atoms with E-state index in [4.69, 9.17) is 5.84 Å². The fourth-order valence-electron chi connectivity index (χ4n) is 1.13. The number of aryl methyl sites for hydroxylation is 1. The molecule has 6 nitrogen and oxygen atoms in total. The fourth-order valence-corrected chi connectivity index (χ4v) is 1.13. The van der Waals surface area contributed by atoms with E-state index in [0.29, 0.717) is 5.95 Å². The standard InChI is InChI=1S/C9H18N6/c1-7-6-8(11-4-5-15(2)3)13-9(12-7)14-10/h6H,4-5,10H2,1-3H3,(H2,11,12,13,14). The number of hydrogen-bond acceptors (Lipinski definition) is 6. The van der Waals surface area contributed by atoms with Gasteiger partial charge in [0.1, 0.15) is 5.82 Å². The second kappa shape index (κ2) is 5.47. The summed E-state index contributed by atoms with van der Waals surface area (Å²) >= 11 is 0. The molecule has 0 aliphatic heterocycles. The normalized spacial score (nSPS) is 10.5. The maximum Gasteiger partial charge on any atom is 0.239 e. The van der Waals surface area contributed by atoms with Gasteiger partial charge in [0.05, 0.1) is 0 Å². The van der Waals surface area contributed by atoms with Crippen molar-refractivity contribution in [3.63, 3.8) is 0 Å². The lowest BCUT2D eigenvalue weighted by Crippen LogP contribution is -2.21. The molecule has 0 spiro atoms. The number of anilines is 2. The minimum absolute atomic E-state index is 0.433. The summed E-state index contributed by atoms with van der Waals surface area (Å²) in [6, 6.07) is 1.89. The Hall–Kier alpha value is -1.40. The molecule has 0 fully saturated rings. The zero-order valence-corrected chi connectivity index (χ0v) is 9.41. The molecule has 0 radical (unpaired) electrons. The minimum atomic E-state index is 0.433. The largest absolute Gasteiger partial charge is 0.369 e. The number of rotatable bonds is 5. The van der Waals surface area contributed by atoms with Gasteiger partial charge in [-0.25, -0.2) is 10.8 Å². The van der Waals surface area contributed by atoms with Crippen LogP contribution in [0.25, 0.3) is 0 Å². The molecule has 15 heavy (non-hydrogen) atoms. The van der Waals surface area contributed by atoms with Crippen LogP contribution in [0, 0.1) is 6.92 Å². The molecule has 0 unspecified atom stereocenters. The number of hydrazine groups is 1. The van der Waals surface area contributed by atoms with E-state index >= 15 is 0 Å². The van der Waals surface area contributed by atoms with Crippen LogP contribution in [-0.4, -0.2) is 42.1 Å². The van der Waals surface area contributed by atoms with Crippen molar-refractivity contribution >= 4 is 11.8 Å². The van der Waals surface area contributed by atoms with Crippen molar-refractivity contribution in [1.82, 2.24) is 14.9 Å². The van der Waals surface area contributed by atoms with Gasteiger partial charge in [-0.1, -0.05) is 0 Å². The number of nitrogens with two attached hydrogens (primary N) is 1. The number of hydrogen-bond donors (Lipinski definition) is 3. The first kappa shape index (κ1) is 11.7. The van der Waals surface area contributed by atoms with E-state index in [2.05, 4.69) is 25.6 Å². The molecule has 0 saturated carbocycles. The van der Waals surface area contributed by atoms with Gasteiger partial charge in [-0.15, -0.1) is 0 Å². The summed E-state index contributed by atoms with van der Waals surface area (Å²) in [4.78, 5) is 10.4. The maximum atomic E-state index is 5.25. The summed E-state index contributed by atoms with van der Waals surface area (Å²) in [5.74, 6) is 6.48. The van der Waals surface area contributed by atoms with Crippen LogP contribution in [0.1, 0.15) is 5.69 Å². The summed E-state index contributed by atoms with van der Waals surface area (Å²) in [6.45, 7) is 3.70. The summed E-state index contributed by atoms with van der Waals surface area (Å²) in [5.41, 5.74) is 3.31. The third-order valence-electron chi connectivity index (χ3n) is 1.85. The first-order valence-corrected chi connectivity index (χ1v) is 4.82. The van der Waals surface area contributed by atoms with Gasteiger partial charge < -0.3 is 10.2 Å². The highest BCUT2D eigenvalue weighted by Crippen LogP contribution is 2.07. The van der Waals surface area contributed by atoms with Crippen molar-refractivity contribution in [2.24, 2.45) is 5.84 Å². The molecule has 0 amide bonds. The molecule has 6 heteroatoms. The highest BCUT2D eigenvalue weighted by Gasteiger charge is 2.00. The highest BCUT2D eigenvalue weighted by atomic mass is 15.3. The monoisotopic (exact) mass is 210 g/mol. The summed E-state index contributed by atoms with van der Waals surface area (Å²) in [7, 11) is 4.06. The molecular formula is C9H18N6. The Kier molecular flexibility index (Phi) is 4.26. The van der Waals surface area contributed by atoms with Crippen LogP contribution in [0.5, 0.6) is 0 Å². The van der Waals surface area contributed by atoms with Crippen LogP contribution >= 0.6 is 0 Å². The van der Waals surface area contributed by atoms with Gasteiger partial charge in [0, 0.05) is 24.8 Å². The molecule has 0 aliphatic rings. The molecule has 0 saturated heterocycles. The molecular weight excluding hydrogens is 192 g/mol. The predicted molar refractivity (Wildman–Crippen MR) is 61.6 cm³/mol. The molecule has 0 bridgehead atoms. The van der Waals surface area contributed by atoms with Crippen LogP contribution in [0.4, 0.5) is 11.8 Å². The lowest BCUT2D eigenvalue weighted by atomic mass is 10.4. The van der Waals surface area contributed by atoms with E-state index in [0.717, 1.165) is 24.6 Å². The highest BCUT2D eigenvalue weighted by molar-refractivity contribution is 5.41. The van der Waals surface area contributed by atoms with Crippen molar-refractivity contribution in [1.29, 1.82) is 0 Å². The lowest BCUT2D eigenvalue weighted by molar-refractivity contribution is 0.425. The van der Waals surface area contributed by atoms with Crippen LogP contribution in [0.15, 0.2) is 6.07 Å². The van der Waals surface area contributed by atoms with E-state index in [1.165, 1.54) is 0 Å². The van der Waals surface area contributed by atoms with E-state index < -0.39 is 0 Å². The second-order valence-corrected chi connectivity index (χ2v) is 3.59. The first-order valence-electron chi connectivity index (χ1n) is 4.82. The average Bonchev–Trinajstić information content (AvgIpc) is 2.16. The summed E-state index contributed by atoms with van der Waals surface area (Å²) in [5, 5.41) is 3.20. The van der Waals surface area contributed by atoms with Crippen LogP contribution < -0.4 is 16.6 Å². The van der Waals surface area contributed by atoms with Crippen molar-refractivity contribution in [3.05, 3.63) is 11.8 Å². The Balaban J connectivity index is 2.56. The third-order valence-corrected chi connectivity index (χ3v) is 1.85. The molecule has 1 heterocycles. The van der Waals surface area contributed by atoms with Gasteiger partial charge in [-0.05, 0) is 21.0 Å². The van der Waals surface area contributed by atoms with Gasteiger partial charge in [-0.3, -0.25) is 5.43 Å². The molecule has 0 aromatic carbocycles. The van der Waals surface area contributed by atoms with Crippen molar-refractivity contribution in [3.8, 4) is 0 Å². The number of aromatic nitrogens is 2. The Morgan fingerprint density at radius 1 is 1.40 bits per heavy atom. The molecule has 0 atom stereocenters. The van der Waals surface area contributed by atoms with Crippen LogP contribution in [0.3, 0.4) is 0 Å². The summed E-state index contributed by atoms with van der Waals surface area (Å²) in [6.07, 6.45) is 0. The molecule has 1 aromatic rings. The SMILES string of the molecule is Cc1cc(NCCN(C)C)nc(NN)n1. The first-order chi connectivity index (χ1) is 7.11. The molecule has 1 aromatic heterocycles. The van der Waals surface area contributed by atoms with Gasteiger partial charge in [-0.2, -0.15) is 4.98 Å². The predicted octanol–water partition coefficient (Wildman–Crippen LogP) is 0.0441. The summed E-state index contributed by atoms with van der Waals surface area (Å²) < 4.78 is 0. The maximum absolute atomic E-state index is 5.25. The number of nitrogens with zero attached hydrogens (tertiary/aromatic N) is 3. The van der Waals surface area contributed by atoms with Crippen molar-refractivity contribution < 1.29 is 0 Å². The Morgan fingerprint density at radius 2 is 2.13 bits per heavy atom. The van der Waals surface area contributed by atoms with Crippen molar-refractivity contribution in [2.75, 3.05) is 37.9 Å². The molecule has 0 aliphatic carbocycles.